The molecule has 0 saturated carbocycles. The van der Waals surface area contributed by atoms with Crippen LogP contribution in [-0.2, 0) is 13.0 Å². The molecule has 1 aliphatic rings. The lowest BCUT2D eigenvalue weighted by Gasteiger charge is -2.06. The lowest BCUT2D eigenvalue weighted by molar-refractivity contribution is 0.174. The first-order valence-electron chi connectivity index (χ1n) is 7.68. The smallest absolute Gasteiger partial charge is 0.231 e. The van der Waals surface area contributed by atoms with Crippen molar-refractivity contribution in [1.29, 1.82) is 0 Å². The number of hydrogen-bond donors (Lipinski definition) is 3. The molecule has 1 aromatic heterocycles. The summed E-state index contributed by atoms with van der Waals surface area (Å²) in [5, 5.41) is 14.1. The van der Waals surface area contributed by atoms with Gasteiger partial charge in [-0.3, -0.25) is 0 Å². The van der Waals surface area contributed by atoms with Crippen molar-refractivity contribution in [2.24, 2.45) is 0 Å². The van der Waals surface area contributed by atoms with Crippen molar-refractivity contribution in [3.8, 4) is 17.2 Å². The van der Waals surface area contributed by atoms with E-state index in [1.807, 2.05) is 30.5 Å². The van der Waals surface area contributed by atoms with Crippen LogP contribution < -0.4 is 14.8 Å². The van der Waals surface area contributed by atoms with Crippen molar-refractivity contribution in [2.75, 3.05) is 13.3 Å². The van der Waals surface area contributed by atoms with Crippen molar-refractivity contribution < 1.29 is 14.6 Å². The largest absolute Gasteiger partial charge is 0.508 e. The Bertz CT molecular complexity index is 841. The van der Waals surface area contributed by atoms with E-state index in [9.17, 15) is 5.11 Å². The highest BCUT2D eigenvalue weighted by molar-refractivity contribution is 5.84. The SMILES string of the molecule is Oc1ccc2[nH]cc(CCNCc3ccc4c(c3)OCO4)c2c1. The fraction of sp³-hybridized carbons (Fsp3) is 0.222. The summed E-state index contributed by atoms with van der Waals surface area (Å²) >= 11 is 0. The highest BCUT2D eigenvalue weighted by Gasteiger charge is 2.12. The lowest BCUT2D eigenvalue weighted by Crippen LogP contribution is -2.16. The monoisotopic (exact) mass is 310 g/mol. The highest BCUT2D eigenvalue weighted by atomic mass is 16.7. The topological polar surface area (TPSA) is 66.5 Å². The van der Waals surface area contributed by atoms with Crippen molar-refractivity contribution in [3.63, 3.8) is 0 Å². The zero-order chi connectivity index (χ0) is 15.6. The van der Waals surface area contributed by atoms with E-state index in [2.05, 4.69) is 10.3 Å². The number of phenols is 1. The molecule has 0 fully saturated rings. The van der Waals surface area contributed by atoms with Crippen LogP contribution in [0.4, 0.5) is 0 Å². The Balaban J connectivity index is 1.35. The summed E-state index contributed by atoms with van der Waals surface area (Å²) in [4.78, 5) is 3.23. The van der Waals surface area contributed by atoms with Gasteiger partial charge >= 0.3 is 0 Å². The molecule has 2 heterocycles. The standard InChI is InChI=1S/C18H18N2O3/c21-14-2-3-16-15(8-14)13(10-20-16)5-6-19-9-12-1-4-17-18(7-12)23-11-22-17/h1-4,7-8,10,19-21H,5-6,9,11H2. The number of benzene rings is 2. The molecule has 0 unspecified atom stereocenters. The van der Waals surface area contributed by atoms with Crippen LogP contribution in [0.3, 0.4) is 0 Å². The molecule has 0 radical (unpaired) electrons. The molecule has 118 valence electrons. The number of H-pyrrole nitrogens is 1. The zero-order valence-electron chi connectivity index (χ0n) is 12.6. The minimum absolute atomic E-state index is 0.298. The minimum Gasteiger partial charge on any atom is -0.508 e. The second-order valence-corrected chi connectivity index (χ2v) is 5.66. The normalized spacial score (nSPS) is 12.9. The molecule has 23 heavy (non-hydrogen) atoms. The van der Waals surface area contributed by atoms with Crippen LogP contribution in [0.2, 0.25) is 0 Å². The van der Waals surface area contributed by atoms with Crippen molar-refractivity contribution in [3.05, 3.63) is 53.7 Å². The fourth-order valence-electron chi connectivity index (χ4n) is 2.88. The van der Waals surface area contributed by atoms with E-state index in [0.717, 1.165) is 41.9 Å². The van der Waals surface area contributed by atoms with E-state index in [0.29, 0.717) is 12.5 Å². The summed E-state index contributed by atoms with van der Waals surface area (Å²) in [6.45, 7) is 1.95. The highest BCUT2D eigenvalue weighted by Crippen LogP contribution is 2.32. The van der Waals surface area contributed by atoms with Crippen LogP contribution in [0, 0.1) is 0 Å². The molecule has 1 aliphatic heterocycles. The predicted molar refractivity (Wildman–Crippen MR) is 87.9 cm³/mol. The first-order valence-corrected chi connectivity index (χ1v) is 7.68. The van der Waals surface area contributed by atoms with Gasteiger partial charge in [0, 0.05) is 23.6 Å². The molecule has 0 saturated heterocycles. The van der Waals surface area contributed by atoms with Crippen molar-refractivity contribution in [1.82, 2.24) is 10.3 Å². The van der Waals surface area contributed by atoms with Gasteiger partial charge in [-0.25, -0.2) is 0 Å². The maximum atomic E-state index is 9.62. The van der Waals surface area contributed by atoms with Crippen LogP contribution >= 0.6 is 0 Å². The number of ether oxygens (including phenoxy) is 2. The molecule has 0 spiro atoms. The summed E-state index contributed by atoms with van der Waals surface area (Å²) < 4.78 is 10.7. The fourth-order valence-corrected chi connectivity index (χ4v) is 2.88. The molecule has 3 N–H and O–H groups in total. The Hall–Kier alpha value is -2.66. The molecule has 0 bridgehead atoms. The Morgan fingerprint density at radius 2 is 2.00 bits per heavy atom. The van der Waals surface area contributed by atoms with Crippen molar-refractivity contribution >= 4 is 10.9 Å². The number of hydrogen-bond acceptors (Lipinski definition) is 4. The van der Waals surface area contributed by atoms with Gasteiger partial charge in [-0.15, -0.1) is 0 Å². The third kappa shape index (κ3) is 2.83. The van der Waals surface area contributed by atoms with Gasteiger partial charge in [0.1, 0.15) is 5.75 Å². The molecule has 0 aliphatic carbocycles. The summed E-state index contributed by atoms with van der Waals surface area (Å²) in [7, 11) is 0. The van der Waals surface area contributed by atoms with Gasteiger partial charge in [0.25, 0.3) is 0 Å². The van der Waals surface area contributed by atoms with E-state index in [4.69, 9.17) is 9.47 Å². The molecule has 0 atom stereocenters. The van der Waals surface area contributed by atoms with Crippen LogP contribution in [0.1, 0.15) is 11.1 Å². The summed E-state index contributed by atoms with van der Waals surface area (Å²) in [5.74, 6) is 1.93. The molecule has 5 heteroatoms. The molecule has 5 nitrogen and oxygen atoms in total. The second-order valence-electron chi connectivity index (χ2n) is 5.66. The number of nitrogens with one attached hydrogen (secondary N) is 2. The van der Waals surface area contributed by atoms with Gasteiger partial charge in [-0.05, 0) is 54.4 Å². The Labute approximate surface area is 133 Å². The van der Waals surface area contributed by atoms with Gasteiger partial charge in [-0.2, -0.15) is 0 Å². The number of rotatable bonds is 5. The lowest BCUT2D eigenvalue weighted by atomic mass is 10.1. The number of aromatic nitrogens is 1. The zero-order valence-corrected chi connectivity index (χ0v) is 12.6. The van der Waals surface area contributed by atoms with Crippen LogP contribution in [0.5, 0.6) is 17.2 Å². The van der Waals surface area contributed by atoms with Gasteiger partial charge < -0.3 is 24.9 Å². The van der Waals surface area contributed by atoms with E-state index >= 15 is 0 Å². The molecular formula is C18H18N2O3. The maximum absolute atomic E-state index is 9.62. The molecule has 2 aromatic carbocycles. The minimum atomic E-state index is 0.298. The molecule has 0 amide bonds. The van der Waals surface area contributed by atoms with Gasteiger partial charge in [0.2, 0.25) is 6.79 Å². The van der Waals surface area contributed by atoms with E-state index < -0.39 is 0 Å². The predicted octanol–water partition coefficient (Wildman–Crippen LogP) is 2.93. The Morgan fingerprint density at radius 3 is 2.96 bits per heavy atom. The van der Waals surface area contributed by atoms with Gasteiger partial charge in [0.05, 0.1) is 0 Å². The number of fused-ring (bicyclic) bond motifs is 2. The average Bonchev–Trinajstić information content (AvgIpc) is 3.17. The number of aromatic hydroxyl groups is 1. The quantitative estimate of drug-likeness (QED) is 0.634. The Kier molecular flexibility index (Phi) is 3.55. The summed E-state index contributed by atoms with van der Waals surface area (Å²) in [5.41, 5.74) is 3.42. The Morgan fingerprint density at radius 1 is 1.09 bits per heavy atom. The van der Waals surface area contributed by atoms with Crippen LogP contribution in [0.15, 0.2) is 42.6 Å². The number of phenolic OH excluding ortho intramolecular Hbond substituents is 1. The third-order valence-corrected chi connectivity index (χ3v) is 4.09. The van der Waals surface area contributed by atoms with Gasteiger partial charge in [0.15, 0.2) is 11.5 Å². The summed E-state index contributed by atoms with van der Waals surface area (Å²) in [6, 6.07) is 11.4. The molecule has 4 rings (SSSR count). The average molecular weight is 310 g/mol. The van der Waals surface area contributed by atoms with Gasteiger partial charge in [-0.1, -0.05) is 6.07 Å². The van der Waals surface area contributed by atoms with Crippen molar-refractivity contribution in [2.45, 2.75) is 13.0 Å². The van der Waals surface area contributed by atoms with Crippen LogP contribution in [0.25, 0.3) is 10.9 Å². The number of aromatic amines is 1. The second kappa shape index (κ2) is 5.85. The van der Waals surface area contributed by atoms with E-state index in [-0.39, 0.29) is 0 Å². The van der Waals surface area contributed by atoms with Crippen LogP contribution in [-0.4, -0.2) is 23.4 Å². The molecule has 3 aromatic rings. The first kappa shape index (κ1) is 14.0. The third-order valence-electron chi connectivity index (χ3n) is 4.09. The van der Waals surface area contributed by atoms with E-state index in [1.54, 1.807) is 12.1 Å². The maximum Gasteiger partial charge on any atom is 0.231 e. The first-order chi connectivity index (χ1) is 11.3. The molecular weight excluding hydrogens is 292 g/mol. The summed E-state index contributed by atoms with van der Waals surface area (Å²) in [6.07, 6.45) is 2.90. The van der Waals surface area contributed by atoms with E-state index in [1.165, 1.54) is 11.1 Å².